The average Bonchev–Trinajstić information content (AvgIpc) is 2.31. The van der Waals surface area contributed by atoms with Crippen molar-refractivity contribution in [3.63, 3.8) is 0 Å². The Kier molecular flexibility index (Phi) is 9.21. The molecule has 0 heterocycles. The summed E-state index contributed by atoms with van der Waals surface area (Å²) in [6.07, 6.45) is 1.98. The second kappa shape index (κ2) is 10.1. The van der Waals surface area contributed by atoms with Crippen molar-refractivity contribution in [2.75, 3.05) is 11.5 Å². The minimum Gasteiger partial charge on any atom is -0.411 e. The van der Waals surface area contributed by atoms with Crippen LogP contribution in [0.5, 0.6) is 0 Å². The summed E-state index contributed by atoms with van der Waals surface area (Å²) < 4.78 is 0. The van der Waals surface area contributed by atoms with Gasteiger partial charge in [-0.25, -0.2) is 0 Å². The summed E-state index contributed by atoms with van der Waals surface area (Å²) in [6, 6.07) is 0. The number of nitrogens with zero attached hydrogens (tertiary/aromatic N) is 4. The highest BCUT2D eigenvalue weighted by Gasteiger charge is 2.01. The van der Waals surface area contributed by atoms with Gasteiger partial charge in [-0.1, -0.05) is 20.6 Å². The van der Waals surface area contributed by atoms with E-state index in [-0.39, 0.29) is 10.1 Å². The van der Waals surface area contributed by atoms with E-state index in [1.54, 1.807) is 0 Å². The molecule has 16 heavy (non-hydrogen) atoms. The number of rotatable bonds is 5. The molecule has 0 atom stereocenters. The van der Waals surface area contributed by atoms with Crippen molar-refractivity contribution in [1.82, 2.24) is 0 Å². The van der Waals surface area contributed by atoms with E-state index in [4.69, 9.17) is 20.8 Å². The first-order valence-electron chi connectivity index (χ1n) is 3.83. The number of hydrogen-bond donors (Lipinski definition) is 4. The van der Waals surface area contributed by atoms with Crippen LogP contribution in [0.1, 0.15) is 0 Å². The van der Waals surface area contributed by atoms with Gasteiger partial charge in [0.25, 0.3) is 0 Å². The van der Waals surface area contributed by atoms with Crippen LogP contribution in [-0.4, -0.2) is 54.9 Å². The van der Waals surface area contributed by atoms with Crippen molar-refractivity contribution in [2.45, 2.75) is 0 Å². The molecule has 0 radical (unpaired) electrons. The van der Waals surface area contributed by atoms with Crippen molar-refractivity contribution in [3.05, 3.63) is 0 Å². The Balaban J connectivity index is 3.83. The molecular weight excluding hydrogens is 256 g/mol. The van der Waals surface area contributed by atoms with E-state index in [2.05, 4.69) is 20.6 Å². The normalized spacial score (nSPS) is 14.0. The van der Waals surface area contributed by atoms with Crippen molar-refractivity contribution >= 4 is 46.0 Å². The lowest BCUT2D eigenvalue weighted by molar-refractivity contribution is 0.317. The zero-order chi connectivity index (χ0) is 12.2. The summed E-state index contributed by atoms with van der Waals surface area (Å²) in [6.45, 7) is 0. The number of oxime groups is 4. The first-order valence-corrected chi connectivity index (χ1v) is 5.80. The fraction of sp³-hybridized carbons (Fsp3) is 0.333. The maximum absolute atomic E-state index is 8.44. The summed E-state index contributed by atoms with van der Waals surface area (Å²) in [5, 5.41) is 44.7. The third-order valence-electron chi connectivity index (χ3n) is 1.12. The zero-order valence-corrected chi connectivity index (χ0v) is 9.60. The van der Waals surface area contributed by atoms with E-state index in [9.17, 15) is 0 Å². The predicted octanol–water partition coefficient (Wildman–Crippen LogP) is 0.948. The van der Waals surface area contributed by atoms with Crippen LogP contribution < -0.4 is 0 Å². The third-order valence-corrected chi connectivity index (χ3v) is 3.16. The van der Waals surface area contributed by atoms with Gasteiger partial charge in [-0.15, -0.1) is 23.5 Å². The van der Waals surface area contributed by atoms with Crippen LogP contribution in [0.25, 0.3) is 0 Å². The lowest BCUT2D eigenvalue weighted by Crippen LogP contribution is -2.00. The van der Waals surface area contributed by atoms with Crippen molar-refractivity contribution in [2.24, 2.45) is 20.6 Å². The highest BCUT2D eigenvalue weighted by molar-refractivity contribution is 8.18. The molecule has 90 valence electrons. The zero-order valence-electron chi connectivity index (χ0n) is 7.96. The average molecular weight is 266 g/mol. The minimum atomic E-state index is 0.154. The van der Waals surface area contributed by atoms with Crippen LogP contribution in [0.15, 0.2) is 20.6 Å². The number of thioether (sulfide) groups is 2. The molecule has 0 rings (SSSR count). The predicted molar refractivity (Wildman–Crippen MR) is 63.9 cm³/mol. The molecule has 8 nitrogen and oxygen atoms in total. The minimum absolute atomic E-state index is 0.154. The maximum Gasteiger partial charge on any atom is 0.157 e. The Labute approximate surface area is 99.4 Å². The quantitative estimate of drug-likeness (QED) is 0.193. The van der Waals surface area contributed by atoms with Gasteiger partial charge < -0.3 is 20.8 Å². The molecule has 0 aliphatic rings. The SMILES string of the molecule is O/N=C\C(=N/O)SCCSC(/C=N/O)=N/O. The summed E-state index contributed by atoms with van der Waals surface area (Å²) in [5.41, 5.74) is 0. The molecule has 0 aromatic carbocycles. The fourth-order valence-corrected chi connectivity index (χ4v) is 2.02. The molecule has 0 bridgehead atoms. The Hall–Kier alpha value is -1.42. The van der Waals surface area contributed by atoms with Gasteiger partial charge >= 0.3 is 0 Å². The van der Waals surface area contributed by atoms with Crippen molar-refractivity contribution in [3.8, 4) is 0 Å². The Morgan fingerprint density at radius 3 is 1.44 bits per heavy atom. The van der Waals surface area contributed by atoms with Crippen LogP contribution >= 0.6 is 23.5 Å². The van der Waals surface area contributed by atoms with E-state index in [0.717, 1.165) is 36.0 Å². The van der Waals surface area contributed by atoms with Crippen LogP contribution in [0.2, 0.25) is 0 Å². The van der Waals surface area contributed by atoms with E-state index in [1.165, 1.54) is 0 Å². The molecular formula is C6H10N4O4S2. The van der Waals surface area contributed by atoms with Gasteiger partial charge in [0.05, 0.1) is 0 Å². The molecule has 10 heteroatoms. The molecule has 0 saturated heterocycles. The van der Waals surface area contributed by atoms with Gasteiger partial charge in [0.15, 0.2) is 10.1 Å². The monoisotopic (exact) mass is 266 g/mol. The Morgan fingerprint density at radius 2 is 1.19 bits per heavy atom. The summed E-state index contributed by atoms with van der Waals surface area (Å²) in [5.74, 6) is 1.04. The molecule has 0 aliphatic heterocycles. The van der Waals surface area contributed by atoms with Crippen molar-refractivity contribution in [1.29, 1.82) is 0 Å². The van der Waals surface area contributed by atoms with Crippen LogP contribution in [-0.2, 0) is 0 Å². The van der Waals surface area contributed by atoms with Gasteiger partial charge in [0.2, 0.25) is 0 Å². The lowest BCUT2D eigenvalue weighted by atomic mass is 10.8. The molecule has 0 amide bonds. The van der Waals surface area contributed by atoms with Gasteiger partial charge in [0, 0.05) is 11.5 Å². The molecule has 0 aromatic heterocycles. The molecule has 0 aromatic rings. The van der Waals surface area contributed by atoms with Crippen LogP contribution in [0.4, 0.5) is 0 Å². The van der Waals surface area contributed by atoms with E-state index >= 15 is 0 Å². The summed E-state index contributed by atoms with van der Waals surface area (Å²) >= 11 is 2.29. The largest absolute Gasteiger partial charge is 0.411 e. The third kappa shape index (κ3) is 6.95. The van der Waals surface area contributed by atoms with Gasteiger partial charge in [-0.3, -0.25) is 0 Å². The van der Waals surface area contributed by atoms with E-state index in [1.807, 2.05) is 0 Å². The molecule has 0 spiro atoms. The Morgan fingerprint density at radius 1 is 0.812 bits per heavy atom. The molecule has 0 unspecified atom stereocenters. The molecule has 4 N–H and O–H groups in total. The highest BCUT2D eigenvalue weighted by Crippen LogP contribution is 2.09. The second-order valence-corrected chi connectivity index (χ2v) is 4.29. The molecule has 0 aliphatic carbocycles. The summed E-state index contributed by atoms with van der Waals surface area (Å²) in [4.78, 5) is 0. The standard InChI is InChI=1S/C6H10N4O4S2/c11-7-3-5(9-13)15-1-2-16-6(10-14)4-8-12/h3-4,11-14H,1-2H2/b7-3-,8-4+,9-5+,10-6+. The van der Waals surface area contributed by atoms with Crippen LogP contribution in [0, 0.1) is 0 Å². The first-order chi connectivity index (χ1) is 7.78. The second-order valence-electron chi connectivity index (χ2n) is 2.06. The lowest BCUT2D eigenvalue weighted by Gasteiger charge is -1.98. The topological polar surface area (TPSA) is 130 Å². The Bertz CT molecular complexity index is 275. The fourth-order valence-electron chi connectivity index (χ4n) is 0.575. The molecule has 0 fully saturated rings. The highest BCUT2D eigenvalue weighted by atomic mass is 32.2. The van der Waals surface area contributed by atoms with Crippen LogP contribution in [0.3, 0.4) is 0 Å². The first kappa shape index (κ1) is 14.6. The molecule has 0 saturated carbocycles. The van der Waals surface area contributed by atoms with Gasteiger partial charge in [-0.05, 0) is 0 Å². The van der Waals surface area contributed by atoms with Crippen molar-refractivity contribution < 1.29 is 20.8 Å². The number of hydrogen-bond acceptors (Lipinski definition) is 10. The van der Waals surface area contributed by atoms with E-state index < -0.39 is 0 Å². The van der Waals surface area contributed by atoms with Gasteiger partial charge in [0.1, 0.15) is 12.4 Å². The summed E-state index contributed by atoms with van der Waals surface area (Å²) in [7, 11) is 0. The van der Waals surface area contributed by atoms with E-state index in [0.29, 0.717) is 11.5 Å². The maximum atomic E-state index is 8.44. The smallest absolute Gasteiger partial charge is 0.157 e. The van der Waals surface area contributed by atoms with Gasteiger partial charge in [-0.2, -0.15) is 0 Å².